The normalized spacial score (nSPS) is 9.54. The zero-order chi connectivity index (χ0) is 10.2. The minimum absolute atomic E-state index is 0. The molecule has 0 spiro atoms. The summed E-state index contributed by atoms with van der Waals surface area (Å²) in [6.07, 6.45) is 11.0. The van der Waals surface area contributed by atoms with Gasteiger partial charge in [-0.25, -0.2) is 0 Å². The molecule has 1 radical (unpaired) electrons. The Morgan fingerprint density at radius 3 is 1.00 bits per heavy atom. The molecule has 0 amide bonds. The summed E-state index contributed by atoms with van der Waals surface area (Å²) in [7, 11) is 0. The maximum Gasteiger partial charge on any atom is 3.00 e. The van der Waals surface area contributed by atoms with Crippen molar-refractivity contribution in [3.8, 4) is 0 Å². The molecule has 0 heterocycles. The second-order valence-electron chi connectivity index (χ2n) is 1.43. The van der Waals surface area contributed by atoms with E-state index < -0.39 is 0 Å². The number of rotatable bonds is 0. The van der Waals surface area contributed by atoms with Crippen LogP contribution in [0.2, 0.25) is 0 Å². The first-order valence-corrected chi connectivity index (χ1v) is 3.02. The Balaban J connectivity index is -0.0000000508. The third kappa shape index (κ3) is 35.3. The maximum atomic E-state index is 7.75. The van der Waals surface area contributed by atoms with Crippen LogP contribution in [0.1, 0.15) is 12.8 Å². The topological polar surface area (TPSA) is 51.2 Å². The number of carbonyl (C=O) groups excluding carboxylic acids is 3. The Morgan fingerprint density at radius 2 is 0.923 bits per heavy atom. The van der Waals surface area contributed by atoms with Gasteiger partial charge in [0.25, 0.3) is 0 Å². The molecule has 0 aromatic heterocycles. The molecule has 13 heavy (non-hydrogen) atoms. The predicted octanol–water partition coefficient (Wildman–Crippen LogP) is 1.07. The smallest absolute Gasteiger partial charge is 0.545 e. The molecule has 4 heteroatoms. The van der Waals surface area contributed by atoms with E-state index in [0.717, 1.165) is 0 Å². The van der Waals surface area contributed by atoms with Gasteiger partial charge in [0.2, 0.25) is 0 Å². The van der Waals surface area contributed by atoms with Crippen molar-refractivity contribution in [1.29, 1.82) is 0 Å². The van der Waals surface area contributed by atoms with Crippen LogP contribution >= 0.6 is 0 Å². The second-order valence-corrected chi connectivity index (χ2v) is 1.43. The summed E-state index contributed by atoms with van der Waals surface area (Å²) in [4.78, 5) is 23.2. The molecule has 0 aromatic rings. The Kier molecular flexibility index (Phi) is 76.0. The van der Waals surface area contributed by atoms with E-state index >= 15 is 0 Å². The van der Waals surface area contributed by atoms with Gasteiger partial charge < -0.3 is 14.4 Å². The molecule has 1 aliphatic carbocycles. The summed E-state index contributed by atoms with van der Waals surface area (Å²) in [5, 5.41) is 0. The van der Waals surface area contributed by atoms with Crippen LogP contribution in [0.3, 0.4) is 0 Å². The first-order chi connectivity index (χ1) is 6.00. The van der Waals surface area contributed by atoms with Crippen LogP contribution in [0.15, 0.2) is 24.3 Å². The van der Waals surface area contributed by atoms with Crippen molar-refractivity contribution >= 4 is 20.4 Å². The number of allylic oxidation sites excluding steroid dienone is 4. The summed E-state index contributed by atoms with van der Waals surface area (Å²) in [5.74, 6) is 0. The van der Waals surface area contributed by atoms with Gasteiger partial charge in [-0.2, -0.15) is 0 Å². The summed E-state index contributed by atoms with van der Waals surface area (Å²) in [6, 6.07) is 0. The predicted molar refractivity (Wildman–Crippen MR) is 47.8 cm³/mol. The SMILES string of the molecule is C1=CCCC=C1.[CH-]=O.[CH-]=O.[CH-]=O.[Ru+3]. The van der Waals surface area contributed by atoms with E-state index in [-0.39, 0.29) is 19.5 Å². The van der Waals surface area contributed by atoms with Crippen LogP contribution in [0.5, 0.6) is 0 Å². The molecule has 0 N–H and O–H groups in total. The summed E-state index contributed by atoms with van der Waals surface area (Å²) >= 11 is 0. The third-order valence-corrected chi connectivity index (χ3v) is 0.883. The van der Waals surface area contributed by atoms with Crippen LogP contribution in [0, 0.1) is 0 Å². The van der Waals surface area contributed by atoms with Gasteiger partial charge in [-0.15, -0.1) is 0 Å². The van der Waals surface area contributed by atoms with Crippen LogP contribution < -0.4 is 0 Å². The van der Waals surface area contributed by atoms with E-state index in [4.69, 9.17) is 14.4 Å². The van der Waals surface area contributed by atoms with Crippen LogP contribution in [0.4, 0.5) is 0 Å². The molecule has 0 aliphatic heterocycles. The third-order valence-electron chi connectivity index (χ3n) is 0.883. The van der Waals surface area contributed by atoms with Crippen molar-refractivity contribution < 1.29 is 33.9 Å². The average molecular weight is 268 g/mol. The maximum absolute atomic E-state index is 7.75. The van der Waals surface area contributed by atoms with E-state index in [9.17, 15) is 0 Å². The molecular formula is C9H11O3Ru. The van der Waals surface area contributed by atoms with E-state index in [1.54, 1.807) is 0 Å². The molecule has 3 nitrogen and oxygen atoms in total. The molecule has 1 aliphatic rings. The van der Waals surface area contributed by atoms with Crippen LogP contribution in [-0.2, 0) is 33.9 Å². The Hall–Kier alpha value is -0.887. The summed E-state index contributed by atoms with van der Waals surface area (Å²) < 4.78 is 0. The van der Waals surface area contributed by atoms with E-state index in [0.29, 0.717) is 0 Å². The molecule has 0 bridgehead atoms. The van der Waals surface area contributed by atoms with Crippen molar-refractivity contribution in [3.05, 3.63) is 24.3 Å². The Labute approximate surface area is 91.7 Å². The zero-order valence-electron chi connectivity index (χ0n) is 7.03. The molecule has 0 unspecified atom stereocenters. The minimum Gasteiger partial charge on any atom is -0.545 e. The van der Waals surface area contributed by atoms with Crippen molar-refractivity contribution in [2.24, 2.45) is 0 Å². The zero-order valence-corrected chi connectivity index (χ0v) is 8.77. The van der Waals surface area contributed by atoms with Crippen LogP contribution in [0.25, 0.3) is 0 Å². The molecule has 0 fully saturated rings. The number of hydrogen-bond donors (Lipinski definition) is 0. The molecular weight excluding hydrogens is 257 g/mol. The molecule has 0 saturated carbocycles. The van der Waals surface area contributed by atoms with E-state index in [2.05, 4.69) is 44.7 Å². The average Bonchev–Trinajstić information content (AvgIpc) is 2.29. The number of hydrogen-bond acceptors (Lipinski definition) is 3. The standard InChI is InChI=1S/C6H8.3CHO.Ru/c1-2-4-6-5-3-1;3*1-2;/h1-4H,5-6H2;3*1H;/q;3*-1;+3. The summed E-state index contributed by atoms with van der Waals surface area (Å²) in [6.45, 7) is 9.75. The van der Waals surface area contributed by atoms with E-state index in [1.807, 2.05) is 0 Å². The second kappa shape index (κ2) is 43.5. The fraction of sp³-hybridized carbons (Fsp3) is 0.222. The fourth-order valence-electron chi connectivity index (χ4n) is 0.542. The van der Waals surface area contributed by atoms with Gasteiger partial charge in [-0.05, 0) is 12.8 Å². The van der Waals surface area contributed by atoms with Gasteiger partial charge in [0.05, 0.1) is 0 Å². The summed E-state index contributed by atoms with van der Waals surface area (Å²) in [5.41, 5.74) is 0. The van der Waals surface area contributed by atoms with Crippen molar-refractivity contribution in [1.82, 2.24) is 0 Å². The Bertz CT molecular complexity index is 107. The fourth-order valence-corrected chi connectivity index (χ4v) is 0.542. The van der Waals surface area contributed by atoms with E-state index in [1.165, 1.54) is 12.8 Å². The molecule has 0 saturated heterocycles. The minimum atomic E-state index is 0. The van der Waals surface area contributed by atoms with Gasteiger partial charge in [-0.3, -0.25) is 20.4 Å². The van der Waals surface area contributed by atoms with Crippen molar-refractivity contribution in [2.45, 2.75) is 12.8 Å². The molecule has 0 aromatic carbocycles. The first-order valence-electron chi connectivity index (χ1n) is 3.02. The quantitative estimate of drug-likeness (QED) is 0.375. The Morgan fingerprint density at radius 1 is 0.692 bits per heavy atom. The molecule has 73 valence electrons. The van der Waals surface area contributed by atoms with Crippen LogP contribution in [-0.4, -0.2) is 20.4 Å². The molecule has 1 rings (SSSR count). The largest absolute Gasteiger partial charge is 3.00 e. The van der Waals surface area contributed by atoms with Gasteiger partial charge in [-0.1, -0.05) is 24.3 Å². The monoisotopic (exact) mass is 269 g/mol. The first kappa shape index (κ1) is 22.7. The van der Waals surface area contributed by atoms with Crippen molar-refractivity contribution in [2.75, 3.05) is 0 Å². The van der Waals surface area contributed by atoms with Crippen molar-refractivity contribution in [3.63, 3.8) is 0 Å². The molecule has 0 atom stereocenters. The van der Waals surface area contributed by atoms with Gasteiger partial charge in [0.1, 0.15) is 0 Å². The van der Waals surface area contributed by atoms with Gasteiger partial charge in [0, 0.05) is 0 Å². The van der Waals surface area contributed by atoms with Gasteiger partial charge in [0.15, 0.2) is 0 Å². The van der Waals surface area contributed by atoms with Gasteiger partial charge >= 0.3 is 19.5 Å².